The fraction of sp³-hybridized carbons (Fsp3) is 0.381. The molecule has 1 saturated heterocycles. The summed E-state index contributed by atoms with van der Waals surface area (Å²) in [5.41, 5.74) is 1.01. The number of thioether (sulfide) groups is 1. The Balaban J connectivity index is 1.35. The van der Waals surface area contributed by atoms with Crippen molar-refractivity contribution >= 4 is 23.4 Å². The number of aromatic nitrogens is 3. The van der Waals surface area contributed by atoms with Crippen molar-refractivity contribution in [3.63, 3.8) is 0 Å². The molecule has 1 fully saturated rings. The van der Waals surface area contributed by atoms with Crippen molar-refractivity contribution in [2.45, 2.75) is 29.8 Å². The zero-order valence-electron chi connectivity index (χ0n) is 16.6. The van der Waals surface area contributed by atoms with E-state index in [0.29, 0.717) is 17.4 Å². The van der Waals surface area contributed by atoms with Crippen molar-refractivity contribution in [1.82, 2.24) is 19.7 Å². The summed E-state index contributed by atoms with van der Waals surface area (Å²) in [6.07, 6.45) is 2.35. The Morgan fingerprint density at radius 2 is 1.97 bits per heavy atom. The number of furan rings is 1. The third kappa shape index (κ3) is 3.41. The normalized spacial score (nSPS) is 20.5. The molecule has 2 aliphatic rings. The van der Waals surface area contributed by atoms with Gasteiger partial charge in [-0.2, -0.15) is 4.68 Å². The molecule has 0 N–H and O–H groups in total. The molecule has 30 heavy (non-hydrogen) atoms. The van der Waals surface area contributed by atoms with E-state index < -0.39 is 0 Å². The molecular weight excluding hydrogens is 405 g/mol. The fourth-order valence-corrected chi connectivity index (χ4v) is 5.33. The van der Waals surface area contributed by atoms with Crippen molar-refractivity contribution in [1.29, 1.82) is 0 Å². The molecule has 9 heteroatoms. The van der Waals surface area contributed by atoms with Crippen LogP contribution in [0.1, 0.15) is 29.3 Å². The number of anilines is 1. The molecule has 0 bridgehead atoms. The van der Waals surface area contributed by atoms with E-state index in [1.807, 2.05) is 19.1 Å². The van der Waals surface area contributed by atoms with Gasteiger partial charge in [0.15, 0.2) is 11.0 Å². The molecule has 2 aromatic heterocycles. The molecule has 0 spiro atoms. The summed E-state index contributed by atoms with van der Waals surface area (Å²) in [6.45, 7) is 5.09. The second-order valence-corrected chi connectivity index (χ2v) is 8.52. The van der Waals surface area contributed by atoms with Crippen LogP contribution in [0.2, 0.25) is 0 Å². The Kier molecular flexibility index (Phi) is 5.08. The third-order valence-electron chi connectivity index (χ3n) is 5.64. The number of aryl methyl sites for hydroxylation is 1. The first-order valence-corrected chi connectivity index (χ1v) is 11.0. The van der Waals surface area contributed by atoms with E-state index in [-0.39, 0.29) is 23.0 Å². The van der Waals surface area contributed by atoms with Crippen LogP contribution in [0.15, 0.2) is 52.2 Å². The van der Waals surface area contributed by atoms with Gasteiger partial charge in [-0.25, -0.2) is 9.37 Å². The lowest BCUT2D eigenvalue weighted by molar-refractivity contribution is 0.0813. The Labute approximate surface area is 177 Å². The maximum Gasteiger partial charge on any atom is 0.265 e. The van der Waals surface area contributed by atoms with Gasteiger partial charge in [0.2, 0.25) is 0 Å². The summed E-state index contributed by atoms with van der Waals surface area (Å²) in [5, 5.41) is 4.66. The predicted molar refractivity (Wildman–Crippen MR) is 111 cm³/mol. The van der Waals surface area contributed by atoms with Gasteiger partial charge in [-0.1, -0.05) is 18.7 Å². The minimum absolute atomic E-state index is 0.0513. The highest BCUT2D eigenvalue weighted by Gasteiger charge is 2.44. The first-order valence-electron chi connectivity index (χ1n) is 10.1. The summed E-state index contributed by atoms with van der Waals surface area (Å²) in [5.74, 6) is 1.18. The molecule has 5 rings (SSSR count). The molecule has 0 radical (unpaired) electrons. The van der Waals surface area contributed by atoms with Crippen LogP contribution < -0.4 is 4.90 Å². The number of carbonyl (C=O) groups is 1. The summed E-state index contributed by atoms with van der Waals surface area (Å²) in [7, 11) is 0. The van der Waals surface area contributed by atoms with Crippen LogP contribution in [-0.4, -0.2) is 57.0 Å². The van der Waals surface area contributed by atoms with Gasteiger partial charge >= 0.3 is 0 Å². The van der Waals surface area contributed by atoms with E-state index in [0.717, 1.165) is 37.6 Å². The molecule has 156 valence electrons. The molecule has 0 saturated carbocycles. The van der Waals surface area contributed by atoms with Gasteiger partial charge < -0.3 is 9.32 Å². The van der Waals surface area contributed by atoms with Crippen molar-refractivity contribution < 1.29 is 13.6 Å². The number of carbonyl (C=O) groups excluding carboxylic acids is 1. The smallest absolute Gasteiger partial charge is 0.265 e. The lowest BCUT2D eigenvalue weighted by Gasteiger charge is -2.40. The van der Waals surface area contributed by atoms with Crippen molar-refractivity contribution in [3.8, 4) is 0 Å². The lowest BCUT2D eigenvalue weighted by atomic mass is 10.1. The second-order valence-electron chi connectivity index (χ2n) is 7.41. The SMILES string of the molecule is CCc1nc2n(n1)C(=O)C(C(c1ccco1)N1CCN(c3ccc(F)cc3)CC1)S2. The van der Waals surface area contributed by atoms with Crippen molar-refractivity contribution in [3.05, 3.63) is 60.1 Å². The van der Waals surface area contributed by atoms with Gasteiger partial charge in [0.1, 0.15) is 16.8 Å². The maximum absolute atomic E-state index is 13.2. The molecule has 2 atom stereocenters. The number of hydrogen-bond donors (Lipinski definition) is 0. The summed E-state index contributed by atoms with van der Waals surface area (Å²) >= 11 is 1.46. The van der Waals surface area contributed by atoms with E-state index in [1.165, 1.54) is 28.6 Å². The Morgan fingerprint density at radius 1 is 1.20 bits per heavy atom. The monoisotopic (exact) mass is 427 g/mol. The van der Waals surface area contributed by atoms with E-state index in [1.54, 1.807) is 18.4 Å². The Bertz CT molecular complexity index is 1030. The molecule has 2 aliphatic heterocycles. The van der Waals surface area contributed by atoms with Gasteiger partial charge in [-0.05, 0) is 36.4 Å². The van der Waals surface area contributed by atoms with Crippen LogP contribution in [-0.2, 0) is 6.42 Å². The number of piperazine rings is 1. The average molecular weight is 428 g/mol. The number of nitrogens with zero attached hydrogens (tertiary/aromatic N) is 5. The first-order chi connectivity index (χ1) is 14.6. The average Bonchev–Trinajstić information content (AvgIpc) is 3.49. The number of hydrogen-bond acceptors (Lipinski definition) is 7. The maximum atomic E-state index is 13.2. The Hall–Kier alpha value is -2.65. The molecule has 1 aromatic carbocycles. The molecule has 3 aromatic rings. The van der Waals surface area contributed by atoms with Crippen LogP contribution in [0.25, 0.3) is 0 Å². The standard InChI is InChI=1S/C21H22FN5O2S/c1-2-17-23-21-27(24-17)20(28)19(30-21)18(16-4-3-13-29-16)26-11-9-25(10-12-26)15-7-5-14(22)6-8-15/h3-8,13,18-19H,2,9-12H2,1H3. The van der Waals surface area contributed by atoms with Crippen LogP contribution in [0.3, 0.4) is 0 Å². The highest BCUT2D eigenvalue weighted by Crippen LogP contribution is 2.41. The Morgan fingerprint density at radius 3 is 2.60 bits per heavy atom. The van der Waals surface area contributed by atoms with Crippen molar-refractivity contribution in [2.75, 3.05) is 31.1 Å². The minimum atomic E-state index is -0.352. The lowest BCUT2D eigenvalue weighted by Crippen LogP contribution is -2.50. The summed E-state index contributed by atoms with van der Waals surface area (Å²) in [4.78, 5) is 22.2. The highest BCUT2D eigenvalue weighted by atomic mass is 32.2. The van der Waals surface area contributed by atoms with Gasteiger partial charge in [-0.15, -0.1) is 5.10 Å². The molecule has 7 nitrogen and oxygen atoms in total. The number of fused-ring (bicyclic) bond motifs is 1. The number of benzene rings is 1. The van der Waals surface area contributed by atoms with Crippen LogP contribution >= 0.6 is 11.8 Å². The minimum Gasteiger partial charge on any atom is -0.468 e. The number of rotatable bonds is 5. The molecule has 0 amide bonds. The summed E-state index contributed by atoms with van der Waals surface area (Å²) < 4.78 is 20.4. The van der Waals surface area contributed by atoms with Gasteiger partial charge in [0.05, 0.1) is 12.3 Å². The highest BCUT2D eigenvalue weighted by molar-refractivity contribution is 8.00. The van der Waals surface area contributed by atoms with Crippen LogP contribution in [0.4, 0.5) is 10.1 Å². The molecule has 4 heterocycles. The van der Waals surface area contributed by atoms with Gasteiger partial charge in [0, 0.05) is 38.3 Å². The number of halogens is 1. The van der Waals surface area contributed by atoms with Crippen LogP contribution in [0, 0.1) is 5.82 Å². The van der Waals surface area contributed by atoms with E-state index in [9.17, 15) is 9.18 Å². The fourth-order valence-electron chi connectivity index (χ4n) is 4.08. The van der Waals surface area contributed by atoms with Crippen LogP contribution in [0.5, 0.6) is 0 Å². The zero-order chi connectivity index (χ0) is 20.7. The molecular formula is C21H22FN5O2S. The quantitative estimate of drug-likeness (QED) is 0.619. The topological polar surface area (TPSA) is 67.4 Å². The van der Waals surface area contributed by atoms with Gasteiger partial charge in [-0.3, -0.25) is 9.69 Å². The molecule has 0 aliphatic carbocycles. The van der Waals surface area contributed by atoms with E-state index in [2.05, 4.69) is 19.9 Å². The van der Waals surface area contributed by atoms with E-state index >= 15 is 0 Å². The largest absolute Gasteiger partial charge is 0.468 e. The van der Waals surface area contributed by atoms with Gasteiger partial charge in [0.25, 0.3) is 5.91 Å². The third-order valence-corrected chi connectivity index (χ3v) is 6.83. The summed E-state index contributed by atoms with van der Waals surface area (Å²) in [6, 6.07) is 10.2. The first kappa shape index (κ1) is 19.3. The zero-order valence-corrected chi connectivity index (χ0v) is 17.4. The predicted octanol–water partition coefficient (Wildman–Crippen LogP) is 3.25. The van der Waals surface area contributed by atoms with Crippen molar-refractivity contribution in [2.24, 2.45) is 0 Å². The second kappa shape index (κ2) is 7.88. The molecule has 2 unspecified atom stereocenters. The van der Waals surface area contributed by atoms with E-state index in [4.69, 9.17) is 4.42 Å².